The first kappa shape index (κ1) is 12.6. The first-order chi connectivity index (χ1) is 6.11. The molecule has 2 aliphatic rings. The quantitative estimate of drug-likeness (QED) is 0.488. The number of hydrogen-bond donors (Lipinski definition) is 2. The van der Waals surface area contributed by atoms with Crippen molar-refractivity contribution in [3.8, 4) is 0 Å². The van der Waals surface area contributed by atoms with Gasteiger partial charge in [-0.1, -0.05) is 0 Å². The topological polar surface area (TPSA) is 83.8 Å². The van der Waals surface area contributed by atoms with E-state index < -0.39 is 23.8 Å². The molecule has 0 radical (unpaired) electrons. The molecule has 14 heavy (non-hydrogen) atoms. The maximum absolute atomic E-state index is 10.8. The number of carbonyl (C=O) groups is 2. The van der Waals surface area contributed by atoms with Crippen LogP contribution in [0.25, 0.3) is 0 Å². The minimum absolute atomic E-state index is 0. The molecule has 0 aliphatic carbocycles. The Kier molecular flexibility index (Phi) is 4.13. The minimum Gasteiger partial charge on any atom is -0.481 e. The van der Waals surface area contributed by atoms with E-state index in [1.54, 1.807) is 0 Å². The van der Waals surface area contributed by atoms with Crippen LogP contribution < -0.4 is 51.4 Å². The average molecular weight is 225 g/mol. The van der Waals surface area contributed by atoms with Gasteiger partial charge in [0, 0.05) is 0 Å². The van der Waals surface area contributed by atoms with Crippen LogP contribution in [0.4, 0.5) is 0 Å². The molecule has 5 nitrogen and oxygen atoms in total. The Morgan fingerprint density at radius 3 is 1.64 bits per heavy atom. The molecule has 2 saturated heterocycles. The fourth-order valence-electron chi connectivity index (χ4n) is 2.31. The van der Waals surface area contributed by atoms with Crippen molar-refractivity contribution < 1.29 is 75.9 Å². The van der Waals surface area contributed by atoms with Gasteiger partial charge >= 0.3 is 63.3 Å². The summed E-state index contributed by atoms with van der Waals surface area (Å²) in [5.41, 5.74) is 0. The Hall–Kier alpha value is 0.536. The summed E-state index contributed by atoms with van der Waals surface area (Å²) in [4.78, 5) is 21.5. The molecule has 2 N–H and O–H groups in total. The van der Waals surface area contributed by atoms with Gasteiger partial charge in [0.2, 0.25) is 0 Å². The largest absolute Gasteiger partial charge is 1.00 e. The molecule has 2 fully saturated rings. The van der Waals surface area contributed by atoms with Gasteiger partial charge in [0.1, 0.15) is 0 Å². The SMILES string of the molecule is O=C(O)[C@@H]1[C@H](C(=O)O)[C@H]2CC[C@H]1O2.[K+]. The van der Waals surface area contributed by atoms with Gasteiger partial charge in [-0.15, -0.1) is 0 Å². The number of hydrogen-bond acceptors (Lipinski definition) is 3. The fraction of sp³-hybridized carbons (Fsp3) is 0.750. The Bertz CT molecular complexity index is 240. The second-order valence-corrected chi connectivity index (χ2v) is 3.52. The number of aliphatic carboxylic acids is 2. The third kappa shape index (κ3) is 1.91. The third-order valence-corrected chi connectivity index (χ3v) is 2.84. The van der Waals surface area contributed by atoms with Gasteiger partial charge < -0.3 is 14.9 Å². The second-order valence-electron chi connectivity index (χ2n) is 3.52. The molecule has 0 aromatic rings. The van der Waals surface area contributed by atoms with E-state index in [2.05, 4.69) is 0 Å². The van der Waals surface area contributed by atoms with Gasteiger partial charge in [-0.25, -0.2) is 0 Å². The van der Waals surface area contributed by atoms with Gasteiger partial charge in [0.15, 0.2) is 0 Å². The molecular weight excluding hydrogens is 215 g/mol. The van der Waals surface area contributed by atoms with Crippen molar-refractivity contribution in [2.24, 2.45) is 11.8 Å². The van der Waals surface area contributed by atoms with Crippen LogP contribution in [0.1, 0.15) is 12.8 Å². The number of fused-ring (bicyclic) bond motifs is 2. The molecule has 4 atom stereocenters. The van der Waals surface area contributed by atoms with Crippen molar-refractivity contribution in [1.82, 2.24) is 0 Å². The van der Waals surface area contributed by atoms with E-state index in [1.807, 2.05) is 0 Å². The van der Waals surface area contributed by atoms with Crippen LogP contribution in [0.5, 0.6) is 0 Å². The fourth-order valence-corrected chi connectivity index (χ4v) is 2.31. The van der Waals surface area contributed by atoms with Crippen LogP contribution in [-0.4, -0.2) is 34.4 Å². The summed E-state index contributed by atoms with van der Waals surface area (Å²) in [6, 6.07) is 0. The average Bonchev–Trinajstić information content (AvgIpc) is 2.60. The molecule has 0 unspecified atom stereocenters. The van der Waals surface area contributed by atoms with Gasteiger partial charge in [-0.05, 0) is 12.8 Å². The van der Waals surface area contributed by atoms with Crippen LogP contribution in [-0.2, 0) is 14.3 Å². The minimum atomic E-state index is -1.06. The summed E-state index contributed by atoms with van der Waals surface area (Å²) >= 11 is 0. The predicted molar refractivity (Wildman–Crippen MR) is 40.1 cm³/mol. The molecule has 0 spiro atoms. The van der Waals surface area contributed by atoms with E-state index in [1.165, 1.54) is 0 Å². The third-order valence-electron chi connectivity index (χ3n) is 2.84. The zero-order valence-electron chi connectivity index (χ0n) is 7.84. The summed E-state index contributed by atoms with van der Waals surface area (Å²) in [7, 11) is 0. The van der Waals surface area contributed by atoms with Crippen LogP contribution in [0.15, 0.2) is 0 Å². The molecule has 2 rings (SSSR count). The molecule has 2 aliphatic heterocycles. The summed E-state index contributed by atoms with van der Waals surface area (Å²) in [5, 5.41) is 17.6. The first-order valence-corrected chi connectivity index (χ1v) is 4.22. The van der Waals surface area contributed by atoms with Crippen molar-refractivity contribution in [2.45, 2.75) is 25.0 Å². The Labute approximate surface area is 123 Å². The Morgan fingerprint density at radius 1 is 1.00 bits per heavy atom. The molecule has 6 heteroatoms. The van der Waals surface area contributed by atoms with Crippen molar-refractivity contribution in [2.75, 3.05) is 0 Å². The van der Waals surface area contributed by atoms with E-state index in [0.717, 1.165) is 0 Å². The van der Waals surface area contributed by atoms with Gasteiger partial charge in [-0.2, -0.15) is 0 Å². The number of carboxylic acids is 2. The maximum atomic E-state index is 10.8. The van der Waals surface area contributed by atoms with Gasteiger partial charge in [0.05, 0.1) is 24.0 Å². The molecule has 0 aromatic carbocycles. The Morgan fingerprint density at radius 2 is 1.36 bits per heavy atom. The van der Waals surface area contributed by atoms with Crippen LogP contribution in [0, 0.1) is 11.8 Å². The molecule has 2 heterocycles. The van der Waals surface area contributed by atoms with E-state index >= 15 is 0 Å². The summed E-state index contributed by atoms with van der Waals surface area (Å²) in [5.74, 6) is -3.81. The van der Waals surface area contributed by atoms with Gasteiger partial charge in [-0.3, -0.25) is 9.59 Å². The van der Waals surface area contributed by atoms with Crippen LogP contribution in [0.3, 0.4) is 0 Å². The normalized spacial score (nSPS) is 39.1. The summed E-state index contributed by atoms with van der Waals surface area (Å²) < 4.78 is 5.26. The standard InChI is InChI=1S/C8H10O5.K/c9-7(10)5-3-1-2-4(13-3)6(5)8(11)12;/h3-6H,1-2H2,(H,9,10)(H,11,12);/q;+1/t3-,4-,5-,6+;/m1./s1. The molecular formula is C8H10KO5+. The molecule has 0 aromatic heterocycles. The Balaban J connectivity index is 0.000000980. The van der Waals surface area contributed by atoms with E-state index in [4.69, 9.17) is 14.9 Å². The van der Waals surface area contributed by atoms with Crippen molar-refractivity contribution in [3.05, 3.63) is 0 Å². The monoisotopic (exact) mass is 225 g/mol. The molecule has 2 bridgehead atoms. The van der Waals surface area contributed by atoms with Crippen LogP contribution >= 0.6 is 0 Å². The van der Waals surface area contributed by atoms with Crippen molar-refractivity contribution in [1.29, 1.82) is 0 Å². The number of rotatable bonds is 2. The van der Waals surface area contributed by atoms with E-state index in [-0.39, 0.29) is 63.6 Å². The molecule has 72 valence electrons. The van der Waals surface area contributed by atoms with Gasteiger partial charge in [0.25, 0.3) is 0 Å². The van der Waals surface area contributed by atoms with Crippen LogP contribution in [0.2, 0.25) is 0 Å². The summed E-state index contributed by atoms with van der Waals surface area (Å²) in [6.07, 6.45) is 0.573. The predicted octanol–water partition coefficient (Wildman–Crippen LogP) is -3.05. The van der Waals surface area contributed by atoms with Crippen molar-refractivity contribution >= 4 is 11.9 Å². The number of carboxylic acid groups (broad SMARTS) is 2. The zero-order chi connectivity index (χ0) is 9.59. The van der Waals surface area contributed by atoms with Crippen molar-refractivity contribution in [3.63, 3.8) is 0 Å². The first-order valence-electron chi connectivity index (χ1n) is 4.22. The second kappa shape index (κ2) is 4.59. The zero-order valence-corrected chi connectivity index (χ0v) is 11.0. The maximum Gasteiger partial charge on any atom is 1.00 e. The number of ether oxygens (including phenoxy) is 1. The van der Waals surface area contributed by atoms with E-state index in [9.17, 15) is 9.59 Å². The molecule has 0 saturated carbocycles. The summed E-state index contributed by atoms with van der Waals surface area (Å²) in [6.45, 7) is 0. The van der Waals surface area contributed by atoms with E-state index in [0.29, 0.717) is 12.8 Å². The smallest absolute Gasteiger partial charge is 0.481 e. The molecule has 0 amide bonds.